The summed E-state index contributed by atoms with van der Waals surface area (Å²) in [6.07, 6.45) is 5.08. The zero-order valence-electron chi connectivity index (χ0n) is 13.6. The van der Waals surface area contributed by atoms with Gasteiger partial charge in [-0.15, -0.1) is 0 Å². The number of hydrogen-bond donors (Lipinski definition) is 2. The Balaban J connectivity index is 1.79. The van der Waals surface area contributed by atoms with E-state index in [1.54, 1.807) is 4.68 Å². The van der Waals surface area contributed by atoms with E-state index in [2.05, 4.69) is 27.6 Å². The number of aromatic nitrogens is 3. The Kier molecular flexibility index (Phi) is 7.18. The lowest BCUT2D eigenvalue weighted by molar-refractivity contribution is -0.115. The van der Waals surface area contributed by atoms with Crippen LogP contribution in [0.2, 0.25) is 0 Å². The molecule has 0 spiro atoms. The molecule has 1 aliphatic heterocycles. The third-order valence-corrected chi connectivity index (χ3v) is 4.92. The second-order valence-corrected chi connectivity index (χ2v) is 6.93. The third kappa shape index (κ3) is 5.28. The second-order valence-electron chi connectivity index (χ2n) is 5.71. The van der Waals surface area contributed by atoms with Crippen LogP contribution >= 0.6 is 11.8 Å². The minimum absolute atomic E-state index is 0.0244. The number of nitrogens with one attached hydrogen (secondary N) is 2. The summed E-state index contributed by atoms with van der Waals surface area (Å²) in [5, 5.41) is 10.7. The highest BCUT2D eigenvalue weighted by Gasteiger charge is 2.21. The fourth-order valence-corrected chi connectivity index (χ4v) is 3.49. The fraction of sp³-hybridized carbons (Fsp3) is 0.800. The fourth-order valence-electron chi connectivity index (χ4n) is 2.47. The third-order valence-electron chi connectivity index (χ3n) is 3.85. The number of nitrogens with zero attached hydrogens (tertiary/aromatic N) is 3. The number of aryl methyl sites for hydroxylation is 1. The van der Waals surface area contributed by atoms with Crippen LogP contribution in [0, 0.1) is 0 Å². The van der Waals surface area contributed by atoms with E-state index in [9.17, 15) is 4.79 Å². The van der Waals surface area contributed by atoms with Gasteiger partial charge in [0, 0.05) is 25.1 Å². The predicted octanol–water partition coefficient (Wildman–Crippen LogP) is 2.14. The Morgan fingerprint density at radius 3 is 2.91 bits per heavy atom. The van der Waals surface area contributed by atoms with Gasteiger partial charge in [-0.3, -0.25) is 10.1 Å². The van der Waals surface area contributed by atoms with Crippen LogP contribution in [0.25, 0.3) is 0 Å². The molecule has 2 N–H and O–H groups in total. The molecule has 1 aromatic rings. The van der Waals surface area contributed by atoms with Crippen molar-refractivity contribution in [1.82, 2.24) is 20.1 Å². The molecule has 1 saturated heterocycles. The Morgan fingerprint density at radius 2 is 2.18 bits per heavy atom. The normalized spacial score (nSPS) is 15.9. The minimum Gasteiger partial charge on any atom is -0.317 e. The maximum Gasteiger partial charge on any atom is 0.227 e. The topological polar surface area (TPSA) is 71.8 Å². The summed E-state index contributed by atoms with van der Waals surface area (Å²) < 4.78 is 1.68. The first-order chi connectivity index (χ1) is 10.7. The average molecular weight is 325 g/mol. The molecule has 1 fully saturated rings. The molecule has 0 unspecified atom stereocenters. The van der Waals surface area contributed by atoms with Crippen LogP contribution in [0.3, 0.4) is 0 Å². The Labute approximate surface area is 136 Å². The Hall–Kier alpha value is -1.08. The van der Waals surface area contributed by atoms with E-state index in [0.29, 0.717) is 18.3 Å². The highest BCUT2D eigenvalue weighted by atomic mass is 32.2. The molecule has 0 radical (unpaired) electrons. The van der Waals surface area contributed by atoms with E-state index in [0.717, 1.165) is 43.3 Å². The first-order valence-corrected chi connectivity index (χ1v) is 9.35. The van der Waals surface area contributed by atoms with Crippen LogP contribution < -0.4 is 10.6 Å². The molecule has 0 atom stereocenters. The minimum atomic E-state index is 0.0244. The summed E-state index contributed by atoms with van der Waals surface area (Å²) in [4.78, 5) is 16.5. The summed E-state index contributed by atoms with van der Waals surface area (Å²) >= 11 is 1.84. The van der Waals surface area contributed by atoms with Gasteiger partial charge in [-0.2, -0.15) is 21.8 Å². The lowest BCUT2D eigenvalue weighted by Crippen LogP contribution is -2.27. The van der Waals surface area contributed by atoms with Crippen LogP contribution in [0.4, 0.5) is 5.95 Å². The van der Waals surface area contributed by atoms with Gasteiger partial charge in [-0.05, 0) is 38.1 Å². The van der Waals surface area contributed by atoms with Crippen LogP contribution in [0.15, 0.2) is 0 Å². The van der Waals surface area contributed by atoms with E-state index in [-0.39, 0.29) is 5.91 Å². The van der Waals surface area contributed by atoms with Gasteiger partial charge in [0.1, 0.15) is 0 Å². The number of unbranched alkanes of at least 4 members (excludes halogenated alkanes) is 1. The molecule has 6 nitrogen and oxygen atoms in total. The molecule has 0 aromatic carbocycles. The van der Waals surface area contributed by atoms with Crippen molar-refractivity contribution < 1.29 is 4.79 Å². The number of carbonyl (C=O) groups is 1. The summed E-state index contributed by atoms with van der Waals surface area (Å²) in [6, 6.07) is 0. The van der Waals surface area contributed by atoms with Crippen molar-refractivity contribution >= 4 is 23.6 Å². The number of hydrogen-bond acceptors (Lipinski definition) is 5. The lowest BCUT2D eigenvalue weighted by Gasteiger charge is -2.19. The van der Waals surface area contributed by atoms with Gasteiger partial charge in [0.2, 0.25) is 11.9 Å². The van der Waals surface area contributed by atoms with Crippen molar-refractivity contribution in [1.29, 1.82) is 0 Å². The van der Waals surface area contributed by atoms with Gasteiger partial charge >= 0.3 is 0 Å². The van der Waals surface area contributed by atoms with Gasteiger partial charge in [0.15, 0.2) is 5.82 Å². The zero-order valence-corrected chi connectivity index (χ0v) is 14.4. The van der Waals surface area contributed by atoms with E-state index in [1.165, 1.54) is 12.8 Å². The van der Waals surface area contributed by atoms with Gasteiger partial charge in [-0.25, -0.2) is 4.68 Å². The monoisotopic (exact) mass is 325 g/mol. The van der Waals surface area contributed by atoms with E-state index in [1.807, 2.05) is 18.8 Å². The first-order valence-electron chi connectivity index (χ1n) is 8.20. The number of thioether (sulfide) groups is 1. The van der Waals surface area contributed by atoms with Crippen molar-refractivity contribution in [3.05, 3.63) is 5.82 Å². The summed E-state index contributed by atoms with van der Waals surface area (Å²) in [7, 11) is 1.84. The highest BCUT2D eigenvalue weighted by Crippen LogP contribution is 2.23. The van der Waals surface area contributed by atoms with Crippen LogP contribution in [-0.2, 0) is 11.8 Å². The second kappa shape index (κ2) is 9.15. The molecule has 124 valence electrons. The standard InChI is InChI=1S/C15H27N5OS/c1-3-4-10-22-11-7-13(21)17-15-18-14(19-20(15)2)12-5-8-16-9-6-12/h12,16H,3-11H2,1-2H3,(H,17,18,19,21). The van der Waals surface area contributed by atoms with Gasteiger partial charge < -0.3 is 5.32 Å². The molecular weight excluding hydrogens is 298 g/mol. The number of rotatable bonds is 8. The SMILES string of the molecule is CCCCSCCC(=O)Nc1nc(C2CCNCC2)nn1C. The largest absolute Gasteiger partial charge is 0.317 e. The predicted molar refractivity (Wildman–Crippen MR) is 91.3 cm³/mol. The smallest absolute Gasteiger partial charge is 0.227 e. The molecule has 1 aromatic heterocycles. The molecule has 1 amide bonds. The number of anilines is 1. The van der Waals surface area contributed by atoms with Crippen LogP contribution in [0.1, 0.15) is 50.8 Å². The average Bonchev–Trinajstić information content (AvgIpc) is 2.89. The van der Waals surface area contributed by atoms with Gasteiger partial charge in [0.05, 0.1) is 0 Å². The summed E-state index contributed by atoms with van der Waals surface area (Å²) in [6.45, 7) is 4.21. The van der Waals surface area contributed by atoms with Crippen molar-refractivity contribution in [3.8, 4) is 0 Å². The molecule has 7 heteroatoms. The first kappa shape index (κ1) is 17.3. The van der Waals surface area contributed by atoms with Crippen LogP contribution in [-0.4, -0.2) is 45.3 Å². The molecule has 22 heavy (non-hydrogen) atoms. The van der Waals surface area contributed by atoms with Crippen molar-refractivity contribution in [2.24, 2.45) is 7.05 Å². The number of piperidine rings is 1. The maximum atomic E-state index is 12.0. The number of carbonyl (C=O) groups excluding carboxylic acids is 1. The Bertz CT molecular complexity index is 470. The lowest BCUT2D eigenvalue weighted by atomic mass is 9.98. The molecule has 0 aliphatic carbocycles. The number of amides is 1. The van der Waals surface area contributed by atoms with E-state index in [4.69, 9.17) is 0 Å². The van der Waals surface area contributed by atoms with Crippen LogP contribution in [0.5, 0.6) is 0 Å². The molecule has 2 heterocycles. The van der Waals surface area contributed by atoms with Crippen molar-refractivity contribution in [2.75, 3.05) is 29.9 Å². The molecular formula is C15H27N5OS. The zero-order chi connectivity index (χ0) is 15.8. The molecule has 1 aliphatic rings. The summed E-state index contributed by atoms with van der Waals surface area (Å²) in [5.74, 6) is 3.85. The molecule has 0 saturated carbocycles. The van der Waals surface area contributed by atoms with Gasteiger partial charge in [-0.1, -0.05) is 13.3 Å². The van der Waals surface area contributed by atoms with E-state index >= 15 is 0 Å². The Morgan fingerprint density at radius 1 is 1.41 bits per heavy atom. The molecule has 2 rings (SSSR count). The van der Waals surface area contributed by atoms with Crippen molar-refractivity contribution in [2.45, 2.75) is 44.9 Å². The van der Waals surface area contributed by atoms with Gasteiger partial charge in [0.25, 0.3) is 0 Å². The summed E-state index contributed by atoms with van der Waals surface area (Å²) in [5.41, 5.74) is 0. The quantitative estimate of drug-likeness (QED) is 0.717. The van der Waals surface area contributed by atoms with E-state index < -0.39 is 0 Å². The highest BCUT2D eigenvalue weighted by molar-refractivity contribution is 7.99. The maximum absolute atomic E-state index is 12.0. The van der Waals surface area contributed by atoms with Crippen molar-refractivity contribution in [3.63, 3.8) is 0 Å². The molecule has 0 bridgehead atoms.